The number of hydrogen-bond donors (Lipinski definition) is 1. The highest BCUT2D eigenvalue weighted by molar-refractivity contribution is 7.09. The molecule has 0 aliphatic carbocycles. The summed E-state index contributed by atoms with van der Waals surface area (Å²) in [6.45, 7) is 1.99. The average Bonchev–Trinajstić information content (AvgIpc) is 2.55. The standard InChI is InChI=1S/C7H7N3S/c1-5-10-7(3-11-5)6-2-8-4-9-6/h2-4H,1H3,(H,8,9). The van der Waals surface area contributed by atoms with Gasteiger partial charge in [0, 0.05) is 5.38 Å². The maximum Gasteiger partial charge on any atom is 0.0993 e. The number of nitrogens with zero attached hydrogens (tertiary/aromatic N) is 2. The predicted octanol–water partition coefficient (Wildman–Crippen LogP) is 1.84. The molecule has 0 atom stereocenters. The van der Waals surface area contributed by atoms with Crippen molar-refractivity contribution in [2.24, 2.45) is 0 Å². The molecule has 56 valence electrons. The molecule has 3 nitrogen and oxygen atoms in total. The van der Waals surface area contributed by atoms with Crippen LogP contribution in [0.1, 0.15) is 5.01 Å². The lowest BCUT2D eigenvalue weighted by molar-refractivity contribution is 1.26. The summed E-state index contributed by atoms with van der Waals surface area (Å²) in [6, 6.07) is 0. The van der Waals surface area contributed by atoms with E-state index < -0.39 is 0 Å². The Morgan fingerprint density at radius 2 is 2.45 bits per heavy atom. The zero-order valence-electron chi connectivity index (χ0n) is 6.03. The molecule has 2 aromatic rings. The summed E-state index contributed by atoms with van der Waals surface area (Å²) in [5.74, 6) is 0. The molecule has 0 spiro atoms. The number of aromatic nitrogens is 3. The van der Waals surface area contributed by atoms with Crippen LogP contribution in [0.25, 0.3) is 11.4 Å². The number of thiazole rings is 1. The average molecular weight is 165 g/mol. The third-order valence-electron chi connectivity index (χ3n) is 1.39. The van der Waals surface area contributed by atoms with Crippen LogP contribution in [0.4, 0.5) is 0 Å². The Labute approximate surface area is 68.1 Å². The van der Waals surface area contributed by atoms with Gasteiger partial charge in [0.05, 0.1) is 28.9 Å². The van der Waals surface area contributed by atoms with Gasteiger partial charge in [-0.25, -0.2) is 9.97 Å². The van der Waals surface area contributed by atoms with Crippen LogP contribution in [0, 0.1) is 6.92 Å². The van der Waals surface area contributed by atoms with Crippen molar-refractivity contribution in [3.05, 3.63) is 22.9 Å². The van der Waals surface area contributed by atoms with Crippen molar-refractivity contribution in [3.8, 4) is 11.4 Å². The number of imidazole rings is 1. The fourth-order valence-corrected chi connectivity index (χ4v) is 1.50. The van der Waals surface area contributed by atoms with Gasteiger partial charge < -0.3 is 4.98 Å². The van der Waals surface area contributed by atoms with Crippen LogP contribution >= 0.6 is 11.3 Å². The first kappa shape index (κ1) is 6.54. The Kier molecular flexibility index (Phi) is 1.47. The Hall–Kier alpha value is -1.16. The minimum Gasteiger partial charge on any atom is -0.343 e. The molecule has 2 heterocycles. The second kappa shape index (κ2) is 2.47. The van der Waals surface area contributed by atoms with E-state index in [2.05, 4.69) is 15.0 Å². The van der Waals surface area contributed by atoms with Crippen LogP contribution in [-0.4, -0.2) is 15.0 Å². The smallest absolute Gasteiger partial charge is 0.0993 e. The molecule has 2 rings (SSSR count). The second-order valence-electron chi connectivity index (χ2n) is 2.22. The first-order valence-electron chi connectivity index (χ1n) is 3.27. The van der Waals surface area contributed by atoms with Gasteiger partial charge in [-0.1, -0.05) is 0 Å². The molecule has 0 unspecified atom stereocenters. The van der Waals surface area contributed by atoms with Crippen LogP contribution in [0.5, 0.6) is 0 Å². The van der Waals surface area contributed by atoms with Gasteiger partial charge in [0.25, 0.3) is 0 Å². The quantitative estimate of drug-likeness (QED) is 0.700. The molecule has 0 saturated heterocycles. The third-order valence-corrected chi connectivity index (χ3v) is 2.17. The summed E-state index contributed by atoms with van der Waals surface area (Å²) < 4.78 is 0. The van der Waals surface area contributed by atoms with Crippen LogP contribution in [0.2, 0.25) is 0 Å². The topological polar surface area (TPSA) is 41.6 Å². The third kappa shape index (κ3) is 1.17. The van der Waals surface area contributed by atoms with Gasteiger partial charge in [0.1, 0.15) is 0 Å². The van der Waals surface area contributed by atoms with E-state index in [1.54, 1.807) is 23.9 Å². The molecule has 0 saturated carbocycles. The van der Waals surface area contributed by atoms with Gasteiger partial charge in [0.2, 0.25) is 0 Å². The van der Waals surface area contributed by atoms with Crippen molar-refractivity contribution in [2.75, 3.05) is 0 Å². The Bertz CT molecular complexity index is 336. The molecular formula is C7H7N3S. The van der Waals surface area contributed by atoms with Gasteiger partial charge in [0.15, 0.2) is 0 Å². The normalized spacial score (nSPS) is 10.3. The summed E-state index contributed by atoms with van der Waals surface area (Å²) in [6.07, 6.45) is 3.43. The Balaban J connectivity index is 2.45. The summed E-state index contributed by atoms with van der Waals surface area (Å²) in [5, 5.41) is 3.10. The maximum atomic E-state index is 4.30. The van der Waals surface area contributed by atoms with Crippen LogP contribution in [0.3, 0.4) is 0 Å². The maximum absolute atomic E-state index is 4.30. The first-order valence-corrected chi connectivity index (χ1v) is 4.15. The monoisotopic (exact) mass is 165 g/mol. The van der Waals surface area contributed by atoms with Gasteiger partial charge >= 0.3 is 0 Å². The van der Waals surface area contributed by atoms with Crippen LogP contribution < -0.4 is 0 Å². The molecule has 4 heteroatoms. The van der Waals surface area contributed by atoms with E-state index in [1.165, 1.54) is 0 Å². The number of nitrogens with one attached hydrogen (secondary N) is 1. The zero-order valence-corrected chi connectivity index (χ0v) is 6.85. The molecule has 0 bridgehead atoms. The molecule has 1 N–H and O–H groups in total. The predicted molar refractivity (Wildman–Crippen MR) is 44.4 cm³/mol. The SMILES string of the molecule is Cc1nc(-c2cnc[nH]2)cs1. The van der Waals surface area contributed by atoms with E-state index >= 15 is 0 Å². The molecule has 0 aliphatic heterocycles. The zero-order chi connectivity index (χ0) is 7.68. The van der Waals surface area contributed by atoms with Crippen molar-refractivity contribution < 1.29 is 0 Å². The summed E-state index contributed by atoms with van der Waals surface area (Å²) in [4.78, 5) is 11.2. The fraction of sp³-hybridized carbons (Fsp3) is 0.143. The van der Waals surface area contributed by atoms with Crippen molar-refractivity contribution in [1.29, 1.82) is 0 Å². The van der Waals surface area contributed by atoms with Crippen molar-refractivity contribution >= 4 is 11.3 Å². The Morgan fingerprint density at radius 3 is 3.00 bits per heavy atom. The van der Waals surface area contributed by atoms with Crippen molar-refractivity contribution in [1.82, 2.24) is 15.0 Å². The van der Waals surface area contributed by atoms with Crippen molar-refractivity contribution in [3.63, 3.8) is 0 Å². The fourth-order valence-electron chi connectivity index (χ4n) is 0.883. The molecule has 0 amide bonds. The van der Waals surface area contributed by atoms with E-state index in [-0.39, 0.29) is 0 Å². The molecule has 0 aliphatic rings. The molecule has 0 radical (unpaired) electrons. The lowest BCUT2D eigenvalue weighted by Crippen LogP contribution is -1.75. The van der Waals surface area contributed by atoms with E-state index in [1.807, 2.05) is 12.3 Å². The highest BCUT2D eigenvalue weighted by Crippen LogP contribution is 2.17. The number of hydrogen-bond acceptors (Lipinski definition) is 3. The molecule has 0 fully saturated rings. The van der Waals surface area contributed by atoms with E-state index in [9.17, 15) is 0 Å². The van der Waals surface area contributed by atoms with E-state index in [0.717, 1.165) is 16.4 Å². The second-order valence-corrected chi connectivity index (χ2v) is 3.28. The largest absolute Gasteiger partial charge is 0.343 e. The number of aryl methyl sites for hydroxylation is 1. The first-order chi connectivity index (χ1) is 5.36. The van der Waals surface area contributed by atoms with E-state index in [4.69, 9.17) is 0 Å². The highest BCUT2D eigenvalue weighted by Gasteiger charge is 2.01. The lowest BCUT2D eigenvalue weighted by atomic mass is 10.4. The molecule has 2 aromatic heterocycles. The summed E-state index contributed by atoms with van der Waals surface area (Å²) in [5.41, 5.74) is 1.96. The van der Waals surface area contributed by atoms with Crippen LogP contribution in [-0.2, 0) is 0 Å². The van der Waals surface area contributed by atoms with E-state index in [0.29, 0.717) is 0 Å². The van der Waals surface area contributed by atoms with Gasteiger partial charge in [-0.15, -0.1) is 11.3 Å². The molecule has 0 aromatic carbocycles. The number of rotatable bonds is 1. The molecular weight excluding hydrogens is 158 g/mol. The minimum absolute atomic E-state index is 0.977. The van der Waals surface area contributed by atoms with Crippen LogP contribution in [0.15, 0.2) is 17.9 Å². The minimum atomic E-state index is 0.977. The van der Waals surface area contributed by atoms with Crippen molar-refractivity contribution in [2.45, 2.75) is 6.92 Å². The Morgan fingerprint density at radius 1 is 1.55 bits per heavy atom. The highest BCUT2D eigenvalue weighted by atomic mass is 32.1. The van der Waals surface area contributed by atoms with Gasteiger partial charge in [-0.3, -0.25) is 0 Å². The number of aromatic amines is 1. The summed E-state index contributed by atoms with van der Waals surface area (Å²) in [7, 11) is 0. The molecule has 11 heavy (non-hydrogen) atoms. The van der Waals surface area contributed by atoms with Gasteiger partial charge in [-0.05, 0) is 6.92 Å². The number of H-pyrrole nitrogens is 1. The lowest BCUT2D eigenvalue weighted by Gasteiger charge is -1.85. The summed E-state index contributed by atoms with van der Waals surface area (Å²) >= 11 is 1.64. The van der Waals surface area contributed by atoms with Gasteiger partial charge in [-0.2, -0.15) is 0 Å².